The lowest BCUT2D eigenvalue weighted by Crippen LogP contribution is -2.33. The van der Waals surface area contributed by atoms with Gasteiger partial charge >= 0.3 is 0 Å². The maximum Gasteiger partial charge on any atom is 0.236 e. The van der Waals surface area contributed by atoms with Crippen LogP contribution in [0, 0.1) is 0 Å². The molecule has 21 heavy (non-hydrogen) atoms. The number of methoxy groups -OCH3 is 1. The summed E-state index contributed by atoms with van der Waals surface area (Å²) in [4.78, 5) is 14.0. The minimum atomic E-state index is -0.481. The van der Waals surface area contributed by atoms with Gasteiger partial charge < -0.3 is 14.2 Å². The molecule has 0 radical (unpaired) electrons. The monoisotopic (exact) mass is 286 g/mol. The van der Waals surface area contributed by atoms with Crippen LogP contribution in [0.2, 0.25) is 0 Å². The fourth-order valence-corrected chi connectivity index (χ4v) is 2.80. The van der Waals surface area contributed by atoms with Crippen LogP contribution < -0.4 is 4.90 Å². The first kappa shape index (κ1) is 13.8. The van der Waals surface area contributed by atoms with Crippen molar-refractivity contribution in [2.24, 2.45) is 0 Å². The Morgan fingerprint density at radius 1 is 1.33 bits per heavy atom. The Morgan fingerprint density at radius 2 is 2.10 bits per heavy atom. The summed E-state index contributed by atoms with van der Waals surface area (Å²) in [5.41, 5.74) is 3.13. The van der Waals surface area contributed by atoms with Crippen molar-refractivity contribution in [3.63, 3.8) is 0 Å². The van der Waals surface area contributed by atoms with Crippen molar-refractivity contribution in [1.29, 1.82) is 0 Å². The van der Waals surface area contributed by atoms with E-state index in [1.165, 1.54) is 0 Å². The number of amides is 1. The molecule has 1 aromatic heterocycles. The van der Waals surface area contributed by atoms with Crippen LogP contribution >= 0.6 is 0 Å². The lowest BCUT2D eigenvalue weighted by atomic mass is 9.86. The Hall–Kier alpha value is -2.14. The number of ether oxygens (including phenoxy) is 1. The molecule has 0 saturated carbocycles. The predicted octanol–water partition coefficient (Wildman–Crippen LogP) is 2.74. The summed E-state index contributed by atoms with van der Waals surface area (Å²) in [7, 11) is 3.42. The molecule has 0 fully saturated rings. The van der Waals surface area contributed by atoms with Crippen LogP contribution in [0.15, 0.2) is 28.8 Å². The van der Waals surface area contributed by atoms with Crippen molar-refractivity contribution in [1.82, 2.24) is 5.16 Å². The van der Waals surface area contributed by atoms with Crippen LogP contribution in [0.3, 0.4) is 0 Å². The number of hydrogen-bond donors (Lipinski definition) is 0. The van der Waals surface area contributed by atoms with Crippen molar-refractivity contribution in [3.05, 3.63) is 35.5 Å². The summed E-state index contributed by atoms with van der Waals surface area (Å²) < 4.78 is 10.4. The van der Waals surface area contributed by atoms with Gasteiger partial charge in [0, 0.05) is 31.5 Å². The SMILES string of the molecule is COCc1cc(-c2ccc3c(c2)N(C)C(=O)C3(C)C)on1. The van der Waals surface area contributed by atoms with E-state index in [9.17, 15) is 4.79 Å². The predicted molar refractivity (Wildman–Crippen MR) is 79.1 cm³/mol. The van der Waals surface area contributed by atoms with Gasteiger partial charge in [-0.25, -0.2) is 0 Å². The largest absolute Gasteiger partial charge is 0.378 e. The van der Waals surface area contributed by atoms with E-state index in [0.717, 1.165) is 22.5 Å². The second-order valence-electron chi connectivity index (χ2n) is 5.84. The quantitative estimate of drug-likeness (QED) is 0.870. The molecule has 2 heterocycles. The molecule has 1 aliphatic heterocycles. The first-order valence-electron chi connectivity index (χ1n) is 6.82. The Morgan fingerprint density at radius 3 is 2.81 bits per heavy atom. The number of benzene rings is 1. The van der Waals surface area contributed by atoms with Gasteiger partial charge in [0.1, 0.15) is 5.69 Å². The maximum absolute atomic E-state index is 12.3. The summed E-state index contributed by atoms with van der Waals surface area (Å²) in [6, 6.07) is 7.78. The average molecular weight is 286 g/mol. The Bertz CT molecular complexity index is 703. The number of nitrogens with zero attached hydrogens (tertiary/aromatic N) is 2. The lowest BCUT2D eigenvalue weighted by molar-refractivity contribution is -0.121. The van der Waals surface area contributed by atoms with E-state index in [1.54, 1.807) is 19.1 Å². The molecule has 2 aromatic rings. The molecule has 5 nitrogen and oxygen atoms in total. The standard InChI is InChI=1S/C16H18N2O3/c1-16(2)12-6-5-10(7-13(12)18(3)15(16)19)14-8-11(9-20-4)17-21-14/h5-8H,9H2,1-4H3. The van der Waals surface area contributed by atoms with Gasteiger partial charge in [-0.1, -0.05) is 17.3 Å². The number of anilines is 1. The van der Waals surface area contributed by atoms with Gasteiger partial charge in [0.2, 0.25) is 5.91 Å². The number of carbonyl (C=O) groups is 1. The third-order valence-corrected chi connectivity index (χ3v) is 4.01. The van der Waals surface area contributed by atoms with Crippen molar-refractivity contribution in [3.8, 4) is 11.3 Å². The maximum atomic E-state index is 12.3. The fraction of sp³-hybridized carbons (Fsp3) is 0.375. The summed E-state index contributed by atoms with van der Waals surface area (Å²) in [5.74, 6) is 0.780. The zero-order valence-electron chi connectivity index (χ0n) is 12.6. The highest BCUT2D eigenvalue weighted by atomic mass is 16.5. The van der Waals surface area contributed by atoms with Gasteiger partial charge in [-0.05, 0) is 25.5 Å². The van der Waals surface area contributed by atoms with Crippen LogP contribution in [-0.4, -0.2) is 25.2 Å². The van der Waals surface area contributed by atoms with Gasteiger partial charge in [0.05, 0.1) is 12.0 Å². The number of likely N-dealkylation sites (N-methyl/N-ethyl adjacent to an activating group) is 1. The Labute approximate surface area is 123 Å². The number of aromatic nitrogens is 1. The molecule has 1 aromatic carbocycles. The first-order chi connectivity index (χ1) is 9.95. The molecule has 0 spiro atoms. The molecule has 110 valence electrons. The molecular formula is C16H18N2O3. The van der Waals surface area contributed by atoms with E-state index in [2.05, 4.69) is 5.16 Å². The second-order valence-corrected chi connectivity index (χ2v) is 5.84. The topological polar surface area (TPSA) is 55.6 Å². The molecule has 0 atom stereocenters. The van der Waals surface area contributed by atoms with E-state index in [-0.39, 0.29) is 5.91 Å². The molecule has 0 aliphatic carbocycles. The third kappa shape index (κ3) is 2.05. The zero-order chi connectivity index (χ0) is 15.2. The summed E-state index contributed by atoms with van der Waals surface area (Å²) in [5, 5.41) is 3.96. The van der Waals surface area contributed by atoms with E-state index >= 15 is 0 Å². The van der Waals surface area contributed by atoms with E-state index in [1.807, 2.05) is 38.1 Å². The molecule has 1 amide bonds. The van der Waals surface area contributed by atoms with Gasteiger partial charge in [0.25, 0.3) is 0 Å². The molecule has 5 heteroatoms. The lowest BCUT2D eigenvalue weighted by Gasteiger charge is -2.16. The van der Waals surface area contributed by atoms with Gasteiger partial charge in [-0.15, -0.1) is 0 Å². The highest BCUT2D eigenvalue weighted by Gasteiger charge is 2.42. The number of hydrogen-bond acceptors (Lipinski definition) is 4. The Balaban J connectivity index is 2.02. The van der Waals surface area contributed by atoms with E-state index < -0.39 is 5.41 Å². The normalized spacial score (nSPS) is 16.4. The van der Waals surface area contributed by atoms with E-state index in [4.69, 9.17) is 9.26 Å². The van der Waals surface area contributed by atoms with E-state index in [0.29, 0.717) is 12.4 Å². The molecule has 0 N–H and O–H groups in total. The summed E-state index contributed by atoms with van der Waals surface area (Å²) >= 11 is 0. The van der Waals surface area contributed by atoms with Gasteiger partial charge in [-0.2, -0.15) is 0 Å². The smallest absolute Gasteiger partial charge is 0.236 e. The van der Waals surface area contributed by atoms with Gasteiger partial charge in [-0.3, -0.25) is 4.79 Å². The van der Waals surface area contributed by atoms with Crippen LogP contribution in [-0.2, 0) is 21.6 Å². The van der Waals surface area contributed by atoms with Crippen molar-refractivity contribution in [2.75, 3.05) is 19.1 Å². The van der Waals surface area contributed by atoms with Gasteiger partial charge in [0.15, 0.2) is 5.76 Å². The Kier molecular flexibility index (Phi) is 3.10. The summed E-state index contributed by atoms with van der Waals surface area (Å²) in [6.45, 7) is 4.31. The second kappa shape index (κ2) is 4.70. The molecule has 1 aliphatic rings. The molecular weight excluding hydrogens is 268 g/mol. The number of carbonyl (C=O) groups excluding carboxylic acids is 1. The molecule has 3 rings (SSSR count). The minimum absolute atomic E-state index is 0.104. The van der Waals surface area contributed by atoms with Crippen molar-refractivity contribution in [2.45, 2.75) is 25.9 Å². The van der Waals surface area contributed by atoms with Crippen LogP contribution in [0.1, 0.15) is 25.1 Å². The van der Waals surface area contributed by atoms with Crippen molar-refractivity contribution < 1.29 is 14.1 Å². The summed E-state index contributed by atoms with van der Waals surface area (Å²) in [6.07, 6.45) is 0. The third-order valence-electron chi connectivity index (χ3n) is 4.01. The fourth-order valence-electron chi connectivity index (χ4n) is 2.80. The highest BCUT2D eigenvalue weighted by molar-refractivity contribution is 6.07. The number of fused-ring (bicyclic) bond motifs is 1. The molecule has 0 bridgehead atoms. The van der Waals surface area contributed by atoms with Crippen molar-refractivity contribution >= 4 is 11.6 Å². The number of rotatable bonds is 3. The minimum Gasteiger partial charge on any atom is -0.378 e. The molecule has 0 saturated heterocycles. The van der Waals surface area contributed by atoms with Crippen LogP contribution in [0.5, 0.6) is 0 Å². The molecule has 0 unspecified atom stereocenters. The zero-order valence-corrected chi connectivity index (χ0v) is 12.6. The van der Waals surface area contributed by atoms with Crippen LogP contribution in [0.25, 0.3) is 11.3 Å². The first-order valence-corrected chi connectivity index (χ1v) is 6.82. The average Bonchev–Trinajstić information content (AvgIpc) is 2.99. The highest BCUT2D eigenvalue weighted by Crippen LogP contribution is 2.42. The van der Waals surface area contributed by atoms with Crippen LogP contribution in [0.4, 0.5) is 5.69 Å².